The van der Waals surface area contributed by atoms with Gasteiger partial charge in [0.05, 0.1) is 23.2 Å². The maximum Gasteiger partial charge on any atom is 0.275 e. The van der Waals surface area contributed by atoms with Gasteiger partial charge >= 0.3 is 0 Å². The fourth-order valence-corrected chi connectivity index (χ4v) is 3.39. The third kappa shape index (κ3) is 5.72. The second-order valence-corrected chi connectivity index (χ2v) is 7.59. The number of nitrogens with zero attached hydrogens (tertiary/aromatic N) is 2. The summed E-state index contributed by atoms with van der Waals surface area (Å²) in [5.74, 6) is 0.217. The van der Waals surface area contributed by atoms with Gasteiger partial charge in [0, 0.05) is 29.9 Å². The smallest absolute Gasteiger partial charge is 0.275 e. The third-order valence-corrected chi connectivity index (χ3v) is 5.48. The first kappa shape index (κ1) is 20.2. The highest BCUT2D eigenvalue weighted by Crippen LogP contribution is 2.13. The van der Waals surface area contributed by atoms with E-state index in [0.717, 1.165) is 5.03 Å². The Labute approximate surface area is 158 Å². The molecule has 0 saturated heterocycles. The van der Waals surface area contributed by atoms with Crippen molar-refractivity contribution in [2.45, 2.75) is 16.3 Å². The van der Waals surface area contributed by atoms with Gasteiger partial charge in [0.15, 0.2) is 5.82 Å². The highest BCUT2D eigenvalue weighted by Gasteiger charge is 2.14. The molecule has 0 fully saturated rings. The summed E-state index contributed by atoms with van der Waals surface area (Å²) < 4.78 is 17.1. The average Bonchev–Trinajstić information content (AvgIpc) is 2.68. The van der Waals surface area contributed by atoms with Gasteiger partial charge in [0.25, 0.3) is 5.91 Å². The van der Waals surface area contributed by atoms with Crippen molar-refractivity contribution in [3.63, 3.8) is 0 Å². The molecule has 1 atom stereocenters. The lowest BCUT2D eigenvalue weighted by Crippen LogP contribution is -2.23. The highest BCUT2D eigenvalue weighted by molar-refractivity contribution is 7.98. The number of rotatable bonds is 9. The van der Waals surface area contributed by atoms with Gasteiger partial charge in [0.1, 0.15) is 10.7 Å². The van der Waals surface area contributed by atoms with Gasteiger partial charge in [-0.2, -0.15) is 0 Å². The fraction of sp³-hybridized carbons (Fsp3) is 0.294. The minimum absolute atomic E-state index is 0.197. The molecule has 0 saturated carbocycles. The first-order valence-electron chi connectivity index (χ1n) is 7.79. The van der Waals surface area contributed by atoms with Crippen molar-refractivity contribution in [2.24, 2.45) is 0 Å². The molecule has 1 aromatic carbocycles. The molecular weight excluding hydrogens is 372 g/mol. The molecule has 0 aliphatic heterocycles. The molecule has 2 aromatic rings. The number of ether oxygens (including phenoxy) is 1. The lowest BCUT2D eigenvalue weighted by atomic mass is 10.1. The number of carbonyl (C=O) groups excluding carboxylic acids is 1. The maximum atomic E-state index is 12.2. The van der Waals surface area contributed by atoms with Crippen LogP contribution >= 0.6 is 11.8 Å². The Hall–Kier alpha value is -2.10. The number of aromatic nitrogens is 2. The van der Waals surface area contributed by atoms with Crippen molar-refractivity contribution in [1.29, 1.82) is 5.41 Å². The van der Waals surface area contributed by atoms with Crippen LogP contribution < -0.4 is 5.32 Å². The molecule has 0 aliphatic rings. The number of hydrogen-bond donors (Lipinski definition) is 2. The van der Waals surface area contributed by atoms with Crippen molar-refractivity contribution >= 4 is 40.0 Å². The molecule has 1 aromatic heterocycles. The topological polar surface area (TPSA) is 105 Å². The number of thioether (sulfide) groups is 1. The van der Waals surface area contributed by atoms with E-state index in [2.05, 4.69) is 15.3 Å². The van der Waals surface area contributed by atoms with Crippen LogP contribution in [-0.2, 0) is 20.3 Å². The third-order valence-electron chi connectivity index (χ3n) is 3.39. The monoisotopic (exact) mass is 392 g/mol. The number of methoxy groups -OCH3 is 1. The van der Waals surface area contributed by atoms with Crippen LogP contribution in [0.25, 0.3) is 0 Å². The van der Waals surface area contributed by atoms with E-state index in [9.17, 15) is 9.00 Å². The standard InChI is InChI=1S/C17H20N4O3S2/c1-24-8-3-9-26(23)13-6-4-12(5-7-13)16(18)17(22)21-14-10-20-15(25-2)11-19-14/h4-7,10-11,18H,3,8-9H2,1-2H3,(H,19,21,22). The Morgan fingerprint density at radius 3 is 2.58 bits per heavy atom. The number of nitrogens with one attached hydrogen (secondary N) is 2. The number of hydrogen-bond acceptors (Lipinski definition) is 7. The lowest BCUT2D eigenvalue weighted by Gasteiger charge is -2.07. The summed E-state index contributed by atoms with van der Waals surface area (Å²) in [6, 6.07) is 6.59. The number of benzene rings is 1. The Morgan fingerprint density at radius 2 is 2.00 bits per heavy atom. The molecule has 0 spiro atoms. The molecule has 2 N–H and O–H groups in total. The zero-order valence-electron chi connectivity index (χ0n) is 14.5. The molecule has 2 rings (SSSR count). The molecular formula is C17H20N4O3S2. The summed E-state index contributed by atoms with van der Waals surface area (Å²) in [5, 5.41) is 11.3. The van der Waals surface area contributed by atoms with E-state index in [0.29, 0.717) is 29.2 Å². The summed E-state index contributed by atoms with van der Waals surface area (Å²) in [5.41, 5.74) is 0.242. The van der Waals surface area contributed by atoms with Crippen LogP contribution in [0, 0.1) is 5.41 Å². The first-order valence-corrected chi connectivity index (χ1v) is 10.3. The van der Waals surface area contributed by atoms with Crippen molar-refractivity contribution in [3.8, 4) is 0 Å². The van der Waals surface area contributed by atoms with Gasteiger partial charge in [-0.3, -0.25) is 14.4 Å². The van der Waals surface area contributed by atoms with Crippen molar-refractivity contribution in [1.82, 2.24) is 9.97 Å². The SMILES string of the molecule is COCCCS(=O)c1ccc(C(=N)C(=O)Nc2cnc(SC)cn2)cc1. The quantitative estimate of drug-likeness (QED) is 0.386. The van der Waals surface area contributed by atoms with Crippen LogP contribution in [0.5, 0.6) is 0 Å². The Bertz CT molecular complexity index is 780. The van der Waals surface area contributed by atoms with E-state index in [1.807, 2.05) is 6.26 Å². The van der Waals surface area contributed by atoms with Gasteiger partial charge < -0.3 is 10.1 Å². The van der Waals surface area contributed by atoms with Crippen molar-refractivity contribution in [3.05, 3.63) is 42.2 Å². The van der Waals surface area contributed by atoms with Crippen LogP contribution in [0.2, 0.25) is 0 Å². The predicted octanol–water partition coefficient (Wildman–Crippen LogP) is 2.35. The lowest BCUT2D eigenvalue weighted by molar-refractivity contribution is -0.110. The van der Waals surface area contributed by atoms with E-state index in [1.54, 1.807) is 37.6 Å². The summed E-state index contributed by atoms with van der Waals surface area (Å²) in [6.45, 7) is 0.565. The van der Waals surface area contributed by atoms with Crippen LogP contribution in [0.3, 0.4) is 0 Å². The zero-order chi connectivity index (χ0) is 18.9. The van der Waals surface area contributed by atoms with Gasteiger partial charge in [-0.1, -0.05) is 12.1 Å². The van der Waals surface area contributed by atoms with E-state index < -0.39 is 16.7 Å². The van der Waals surface area contributed by atoms with E-state index in [4.69, 9.17) is 10.1 Å². The molecule has 1 heterocycles. The van der Waals surface area contributed by atoms with Crippen LogP contribution in [0.4, 0.5) is 5.82 Å². The number of anilines is 1. The molecule has 7 nitrogen and oxygen atoms in total. The molecule has 1 unspecified atom stereocenters. The zero-order valence-corrected chi connectivity index (χ0v) is 16.2. The molecule has 1 amide bonds. The van der Waals surface area contributed by atoms with E-state index in [1.165, 1.54) is 18.0 Å². The van der Waals surface area contributed by atoms with Gasteiger partial charge in [-0.15, -0.1) is 11.8 Å². The Balaban J connectivity index is 1.97. The minimum atomic E-state index is -1.12. The average molecular weight is 393 g/mol. The fourth-order valence-electron chi connectivity index (χ4n) is 2.02. The molecule has 0 bridgehead atoms. The molecule has 138 valence electrons. The maximum absolute atomic E-state index is 12.2. The highest BCUT2D eigenvalue weighted by atomic mass is 32.2. The molecule has 9 heteroatoms. The Kier molecular flexibility index (Phi) is 7.89. The van der Waals surface area contributed by atoms with E-state index >= 15 is 0 Å². The summed E-state index contributed by atoms with van der Waals surface area (Å²) in [4.78, 5) is 21.0. The van der Waals surface area contributed by atoms with Gasteiger partial charge in [-0.05, 0) is 24.8 Å². The van der Waals surface area contributed by atoms with Crippen molar-refractivity contribution in [2.75, 3.05) is 31.0 Å². The molecule has 0 aliphatic carbocycles. The van der Waals surface area contributed by atoms with Gasteiger partial charge in [0.2, 0.25) is 0 Å². The minimum Gasteiger partial charge on any atom is -0.385 e. The largest absolute Gasteiger partial charge is 0.385 e. The van der Waals surface area contributed by atoms with Crippen molar-refractivity contribution < 1.29 is 13.7 Å². The van der Waals surface area contributed by atoms with Crippen LogP contribution in [0.15, 0.2) is 46.6 Å². The number of carbonyl (C=O) groups is 1. The molecule has 0 radical (unpaired) electrons. The summed E-state index contributed by atoms with van der Waals surface area (Å²) in [6.07, 6.45) is 5.59. The summed E-state index contributed by atoms with van der Waals surface area (Å²) in [7, 11) is 0.485. The molecule has 26 heavy (non-hydrogen) atoms. The van der Waals surface area contributed by atoms with Gasteiger partial charge in [-0.25, -0.2) is 9.97 Å². The summed E-state index contributed by atoms with van der Waals surface area (Å²) >= 11 is 1.45. The Morgan fingerprint density at radius 1 is 1.27 bits per heavy atom. The normalized spacial score (nSPS) is 11.8. The van der Waals surface area contributed by atoms with E-state index in [-0.39, 0.29) is 11.5 Å². The second kappa shape index (κ2) is 10.1. The first-order chi connectivity index (χ1) is 12.5. The second-order valence-electron chi connectivity index (χ2n) is 5.19. The van der Waals surface area contributed by atoms with Crippen LogP contribution in [-0.4, -0.2) is 51.5 Å². The van der Waals surface area contributed by atoms with Crippen LogP contribution in [0.1, 0.15) is 12.0 Å². The predicted molar refractivity (Wildman–Crippen MR) is 103 cm³/mol. The number of amides is 1.